The van der Waals surface area contributed by atoms with E-state index in [9.17, 15) is 8.78 Å². The van der Waals surface area contributed by atoms with Gasteiger partial charge in [0.05, 0.1) is 23.5 Å². The Hall–Kier alpha value is -3.39. The van der Waals surface area contributed by atoms with Crippen LogP contribution in [0.25, 0.3) is 22.2 Å². The molecule has 2 N–H and O–H groups in total. The van der Waals surface area contributed by atoms with E-state index in [4.69, 9.17) is 16.3 Å². The summed E-state index contributed by atoms with van der Waals surface area (Å²) in [4.78, 5) is 13.5. The smallest absolute Gasteiger partial charge is 0.227 e. The number of aromatic nitrogens is 3. The van der Waals surface area contributed by atoms with Gasteiger partial charge >= 0.3 is 0 Å². The summed E-state index contributed by atoms with van der Waals surface area (Å²) in [6, 6.07) is 8.54. The van der Waals surface area contributed by atoms with Crippen molar-refractivity contribution in [2.45, 2.75) is 19.9 Å². The Morgan fingerprint density at radius 3 is 2.84 bits per heavy atom. The second-order valence-corrected chi connectivity index (χ2v) is 8.26. The fourth-order valence-electron chi connectivity index (χ4n) is 3.93. The van der Waals surface area contributed by atoms with Crippen LogP contribution >= 0.6 is 11.6 Å². The number of hydrogen-bond donors (Lipinski definition) is 2. The number of H-pyrrole nitrogens is 1. The largest absolute Gasteiger partial charge is 0.486 e. The van der Waals surface area contributed by atoms with Gasteiger partial charge in [0.25, 0.3) is 0 Å². The fourth-order valence-corrected chi connectivity index (χ4v) is 4.21. The number of benzene rings is 2. The predicted molar refractivity (Wildman–Crippen MR) is 122 cm³/mol. The quantitative estimate of drug-likeness (QED) is 0.400. The van der Waals surface area contributed by atoms with Crippen LogP contribution in [0.3, 0.4) is 0 Å². The second kappa shape index (κ2) is 7.94. The van der Waals surface area contributed by atoms with Gasteiger partial charge in [-0.1, -0.05) is 11.6 Å². The molecule has 0 saturated carbocycles. The molecule has 164 valence electrons. The Kier molecular flexibility index (Phi) is 5.09. The molecular formula is C23H20ClF2N5O. The number of aromatic amines is 1. The van der Waals surface area contributed by atoms with Gasteiger partial charge in [-0.2, -0.15) is 0 Å². The van der Waals surface area contributed by atoms with Crippen molar-refractivity contribution in [1.82, 2.24) is 15.0 Å². The highest BCUT2D eigenvalue weighted by atomic mass is 35.5. The fraction of sp³-hybridized carbons (Fsp3) is 0.217. The summed E-state index contributed by atoms with van der Waals surface area (Å²) in [7, 11) is 0. The molecule has 3 heterocycles. The maximum atomic E-state index is 14.8. The lowest BCUT2D eigenvalue weighted by Gasteiger charge is -2.34. The lowest BCUT2D eigenvalue weighted by molar-refractivity contribution is 0.287. The minimum absolute atomic E-state index is 0.00877. The lowest BCUT2D eigenvalue weighted by atomic mass is 10.1. The molecule has 0 unspecified atom stereocenters. The standard InChI is InChI=1S/C23H20ClF2N5O/c1-12(2)31-5-6-32-22-17(25)7-13(8-20(22)31)21-18(26)11-28-23(30-21)29-14-9-16(24)15-3-4-27-19(15)10-14/h3-4,7-12,27H,5-6H2,1-2H3,(H,28,29,30). The van der Waals surface area contributed by atoms with E-state index < -0.39 is 11.6 Å². The van der Waals surface area contributed by atoms with Gasteiger partial charge in [0.15, 0.2) is 17.4 Å². The van der Waals surface area contributed by atoms with E-state index in [-0.39, 0.29) is 23.4 Å². The number of halogens is 3. The molecule has 1 aliphatic heterocycles. The van der Waals surface area contributed by atoms with E-state index in [1.807, 2.05) is 30.9 Å². The van der Waals surface area contributed by atoms with E-state index in [0.717, 1.165) is 17.1 Å². The summed E-state index contributed by atoms with van der Waals surface area (Å²) in [6.07, 6.45) is 2.86. The predicted octanol–water partition coefficient (Wildman–Crippen LogP) is 5.91. The third kappa shape index (κ3) is 3.60. The summed E-state index contributed by atoms with van der Waals surface area (Å²) in [5.41, 5.74) is 2.35. The molecular weight excluding hydrogens is 436 g/mol. The minimum Gasteiger partial charge on any atom is -0.486 e. The summed E-state index contributed by atoms with van der Waals surface area (Å²) in [5.74, 6) is -0.867. The van der Waals surface area contributed by atoms with Gasteiger partial charge in [0, 0.05) is 34.4 Å². The summed E-state index contributed by atoms with van der Waals surface area (Å²) in [6.45, 7) is 5.04. The van der Waals surface area contributed by atoms with Crippen LogP contribution in [0.15, 0.2) is 42.7 Å². The van der Waals surface area contributed by atoms with Crippen molar-refractivity contribution in [3.63, 3.8) is 0 Å². The van der Waals surface area contributed by atoms with Gasteiger partial charge in [0.2, 0.25) is 5.95 Å². The van der Waals surface area contributed by atoms with Gasteiger partial charge in [-0.25, -0.2) is 18.7 Å². The highest BCUT2D eigenvalue weighted by molar-refractivity contribution is 6.35. The number of nitrogens with one attached hydrogen (secondary N) is 2. The third-order valence-corrected chi connectivity index (χ3v) is 5.74. The highest BCUT2D eigenvalue weighted by Gasteiger charge is 2.25. The van der Waals surface area contributed by atoms with Crippen LogP contribution in [0.4, 0.5) is 26.1 Å². The van der Waals surface area contributed by atoms with Crippen LogP contribution in [0.2, 0.25) is 5.02 Å². The van der Waals surface area contributed by atoms with E-state index in [0.29, 0.717) is 35.1 Å². The summed E-state index contributed by atoms with van der Waals surface area (Å²) >= 11 is 6.33. The van der Waals surface area contributed by atoms with Crippen LogP contribution in [0.5, 0.6) is 5.75 Å². The van der Waals surface area contributed by atoms with Crippen molar-refractivity contribution < 1.29 is 13.5 Å². The van der Waals surface area contributed by atoms with Crippen LogP contribution in [0, 0.1) is 11.6 Å². The van der Waals surface area contributed by atoms with Crippen molar-refractivity contribution in [1.29, 1.82) is 0 Å². The van der Waals surface area contributed by atoms with Crippen molar-refractivity contribution in [2.24, 2.45) is 0 Å². The minimum atomic E-state index is -0.652. The Labute approximate surface area is 188 Å². The van der Waals surface area contributed by atoms with Crippen LogP contribution in [-0.2, 0) is 0 Å². The molecule has 0 spiro atoms. The number of ether oxygens (including phenoxy) is 1. The molecule has 0 bridgehead atoms. The van der Waals surface area contributed by atoms with Crippen LogP contribution in [-0.4, -0.2) is 34.1 Å². The van der Waals surface area contributed by atoms with E-state index >= 15 is 0 Å². The SMILES string of the molecule is CC(C)N1CCOc2c(F)cc(-c3nc(Nc4cc(Cl)c5cc[nH]c5c4)ncc3F)cc21. The van der Waals surface area contributed by atoms with Crippen LogP contribution < -0.4 is 15.0 Å². The molecule has 0 fully saturated rings. The van der Waals surface area contributed by atoms with Gasteiger partial charge < -0.3 is 19.9 Å². The zero-order valence-corrected chi connectivity index (χ0v) is 18.2. The van der Waals surface area contributed by atoms with Crippen molar-refractivity contribution >= 4 is 39.8 Å². The van der Waals surface area contributed by atoms with E-state index in [2.05, 4.69) is 20.3 Å². The third-order valence-electron chi connectivity index (χ3n) is 5.43. The van der Waals surface area contributed by atoms with E-state index in [1.54, 1.807) is 18.3 Å². The molecule has 0 aliphatic carbocycles. The second-order valence-electron chi connectivity index (χ2n) is 7.85. The van der Waals surface area contributed by atoms with Gasteiger partial charge in [-0.15, -0.1) is 0 Å². The Bertz CT molecular complexity index is 1320. The van der Waals surface area contributed by atoms with Crippen molar-refractivity contribution in [3.05, 3.63) is 59.4 Å². The molecule has 32 heavy (non-hydrogen) atoms. The average Bonchev–Trinajstić information content (AvgIpc) is 3.24. The number of nitrogens with zero attached hydrogens (tertiary/aromatic N) is 3. The molecule has 0 atom stereocenters. The molecule has 9 heteroatoms. The maximum Gasteiger partial charge on any atom is 0.227 e. The first-order chi connectivity index (χ1) is 15.4. The number of fused-ring (bicyclic) bond motifs is 2. The zero-order valence-electron chi connectivity index (χ0n) is 17.4. The molecule has 5 rings (SSSR count). The van der Waals surface area contributed by atoms with Gasteiger partial charge in [0.1, 0.15) is 12.3 Å². The van der Waals surface area contributed by atoms with Gasteiger partial charge in [-0.3, -0.25) is 0 Å². The maximum absolute atomic E-state index is 14.8. The molecule has 0 saturated heterocycles. The average molecular weight is 456 g/mol. The molecule has 1 aliphatic rings. The Morgan fingerprint density at radius 1 is 1.19 bits per heavy atom. The van der Waals surface area contributed by atoms with Crippen molar-refractivity contribution in [3.8, 4) is 17.0 Å². The zero-order chi connectivity index (χ0) is 22.4. The topological polar surface area (TPSA) is 66.1 Å². The number of rotatable bonds is 4. The number of anilines is 3. The van der Waals surface area contributed by atoms with Crippen molar-refractivity contribution in [2.75, 3.05) is 23.4 Å². The molecule has 2 aromatic carbocycles. The first-order valence-electron chi connectivity index (χ1n) is 10.2. The first-order valence-corrected chi connectivity index (χ1v) is 10.6. The van der Waals surface area contributed by atoms with Crippen LogP contribution in [0.1, 0.15) is 13.8 Å². The Morgan fingerprint density at radius 2 is 2.03 bits per heavy atom. The molecule has 4 aromatic rings. The monoisotopic (exact) mass is 455 g/mol. The summed E-state index contributed by atoms with van der Waals surface area (Å²) in [5, 5.41) is 4.49. The van der Waals surface area contributed by atoms with E-state index in [1.165, 1.54) is 6.07 Å². The lowest BCUT2D eigenvalue weighted by Crippen LogP contribution is -2.38. The highest BCUT2D eigenvalue weighted by Crippen LogP contribution is 2.39. The first kappa shape index (κ1) is 20.5. The Balaban J connectivity index is 1.54. The van der Waals surface area contributed by atoms with Gasteiger partial charge in [-0.05, 0) is 44.2 Å². The molecule has 0 amide bonds. The molecule has 2 aromatic heterocycles. The molecule has 0 radical (unpaired) electrons. The normalized spacial score (nSPS) is 13.4. The summed E-state index contributed by atoms with van der Waals surface area (Å²) < 4.78 is 35.1. The number of hydrogen-bond acceptors (Lipinski definition) is 5. The molecule has 6 nitrogen and oxygen atoms in total.